The van der Waals surface area contributed by atoms with Crippen LogP contribution in [0.1, 0.15) is 239 Å². The Balaban J connectivity index is 4.64. The summed E-state index contributed by atoms with van der Waals surface area (Å²) in [5.41, 5.74) is 0. The van der Waals surface area contributed by atoms with E-state index in [1.165, 1.54) is 96.3 Å². The summed E-state index contributed by atoms with van der Waals surface area (Å²) in [6, 6.07) is 0. The van der Waals surface area contributed by atoms with Gasteiger partial charge in [0.15, 0.2) is 6.10 Å². The van der Waals surface area contributed by atoms with Gasteiger partial charge in [0, 0.05) is 19.3 Å². The first-order chi connectivity index (χ1) is 35.0. The molecule has 0 aliphatic carbocycles. The number of hydrogen-bond donors (Lipinski definition) is 0. The van der Waals surface area contributed by atoms with Crippen molar-refractivity contribution in [3.8, 4) is 0 Å². The summed E-state index contributed by atoms with van der Waals surface area (Å²) >= 11 is 0. The summed E-state index contributed by atoms with van der Waals surface area (Å²) in [4.78, 5) is 38.1. The Morgan fingerprint density at radius 1 is 0.282 bits per heavy atom. The normalized spacial score (nSPS) is 13.1. The van der Waals surface area contributed by atoms with Crippen LogP contribution in [0.25, 0.3) is 0 Å². The smallest absolute Gasteiger partial charge is 0.306 e. The van der Waals surface area contributed by atoms with Crippen LogP contribution in [0.3, 0.4) is 0 Å². The predicted molar refractivity (Wildman–Crippen MR) is 306 cm³/mol. The summed E-state index contributed by atoms with van der Waals surface area (Å²) in [6.45, 7) is 6.44. The second-order valence-electron chi connectivity index (χ2n) is 18.5. The van der Waals surface area contributed by atoms with Crippen LogP contribution in [0.5, 0.6) is 0 Å². The highest BCUT2D eigenvalue weighted by molar-refractivity contribution is 5.71. The molecule has 0 aromatic rings. The van der Waals surface area contributed by atoms with Gasteiger partial charge in [0.1, 0.15) is 13.2 Å². The Kier molecular flexibility index (Phi) is 54.5. The van der Waals surface area contributed by atoms with Crippen molar-refractivity contribution in [1.29, 1.82) is 0 Å². The van der Waals surface area contributed by atoms with Crippen LogP contribution in [0.2, 0.25) is 0 Å². The van der Waals surface area contributed by atoms with Gasteiger partial charge in [-0.3, -0.25) is 14.4 Å². The number of carbonyl (C=O) groups excluding carboxylic acids is 3. The molecule has 0 spiro atoms. The number of ether oxygens (including phenoxy) is 3. The maximum absolute atomic E-state index is 12.8. The average Bonchev–Trinajstić information content (AvgIpc) is 3.37. The number of rotatable bonds is 50. The third kappa shape index (κ3) is 56.3. The van der Waals surface area contributed by atoms with Crippen LogP contribution in [0.4, 0.5) is 0 Å². The molecule has 0 unspecified atom stereocenters. The Morgan fingerprint density at radius 3 is 0.930 bits per heavy atom. The lowest BCUT2D eigenvalue weighted by Gasteiger charge is -2.18. The van der Waals surface area contributed by atoms with Crippen molar-refractivity contribution in [3.05, 3.63) is 134 Å². The summed E-state index contributed by atoms with van der Waals surface area (Å²) < 4.78 is 16.7. The van der Waals surface area contributed by atoms with Gasteiger partial charge < -0.3 is 14.2 Å². The van der Waals surface area contributed by atoms with E-state index < -0.39 is 12.1 Å². The molecule has 71 heavy (non-hydrogen) atoms. The standard InChI is InChI=1S/C65H104O6/c1-4-7-10-13-16-19-22-25-28-31-32-35-38-41-44-47-50-53-56-59-65(68)71-62(60-69-63(66)57-54-51-48-45-42-39-36-33-29-26-23-20-17-14-11-8-5-2)61-70-64(67)58-55-52-49-46-43-40-37-34-30-27-24-21-18-15-12-9-6-3/h16-17,19-20,25-30,32,35-37,39-41,44,46,49-50,53,62H,4-15,18,21-24,31,33-34,38,42-43,45,47-48,51-52,54-61H2,1-3H3/b19-16-,20-17-,28-25-,29-26-,30-27-,35-32-,39-36-,40-37-,44-41-,49-46-,53-50-/t62-/m1/s1. The number of allylic oxidation sites excluding steroid dienone is 22. The highest BCUT2D eigenvalue weighted by Gasteiger charge is 2.19. The molecule has 0 saturated carbocycles. The molecule has 0 radical (unpaired) electrons. The largest absolute Gasteiger partial charge is 0.462 e. The second kappa shape index (κ2) is 58.1. The molecule has 0 rings (SSSR count). The van der Waals surface area contributed by atoms with Gasteiger partial charge >= 0.3 is 17.9 Å². The van der Waals surface area contributed by atoms with Crippen LogP contribution < -0.4 is 0 Å². The fourth-order valence-electron chi connectivity index (χ4n) is 7.27. The van der Waals surface area contributed by atoms with Crippen molar-refractivity contribution in [3.63, 3.8) is 0 Å². The van der Waals surface area contributed by atoms with E-state index in [0.29, 0.717) is 19.3 Å². The maximum atomic E-state index is 12.8. The highest BCUT2D eigenvalue weighted by atomic mass is 16.6. The van der Waals surface area contributed by atoms with Gasteiger partial charge in [0.05, 0.1) is 0 Å². The van der Waals surface area contributed by atoms with Crippen molar-refractivity contribution in [2.75, 3.05) is 13.2 Å². The first-order valence-electron chi connectivity index (χ1n) is 28.7. The molecule has 0 aromatic heterocycles. The summed E-state index contributed by atoms with van der Waals surface area (Å²) in [6.07, 6.45) is 81.7. The highest BCUT2D eigenvalue weighted by Crippen LogP contribution is 2.11. The lowest BCUT2D eigenvalue weighted by molar-refractivity contribution is -0.166. The van der Waals surface area contributed by atoms with E-state index in [9.17, 15) is 14.4 Å². The van der Waals surface area contributed by atoms with Crippen molar-refractivity contribution < 1.29 is 28.6 Å². The molecule has 0 bridgehead atoms. The monoisotopic (exact) mass is 981 g/mol. The molecule has 0 amide bonds. The Labute approximate surface area is 436 Å². The van der Waals surface area contributed by atoms with Gasteiger partial charge in [0.25, 0.3) is 0 Å². The molecule has 0 N–H and O–H groups in total. The van der Waals surface area contributed by atoms with E-state index in [1.54, 1.807) is 0 Å². The van der Waals surface area contributed by atoms with Crippen molar-refractivity contribution in [2.24, 2.45) is 0 Å². The molecule has 400 valence electrons. The first kappa shape index (κ1) is 66.6. The zero-order valence-corrected chi connectivity index (χ0v) is 45.7. The molecule has 6 heteroatoms. The lowest BCUT2D eigenvalue weighted by Crippen LogP contribution is -2.30. The van der Waals surface area contributed by atoms with Gasteiger partial charge in [-0.05, 0) is 128 Å². The van der Waals surface area contributed by atoms with Gasteiger partial charge in [-0.15, -0.1) is 0 Å². The minimum atomic E-state index is -0.853. The van der Waals surface area contributed by atoms with E-state index in [1.807, 2.05) is 12.2 Å². The van der Waals surface area contributed by atoms with Crippen molar-refractivity contribution in [2.45, 2.75) is 245 Å². The van der Waals surface area contributed by atoms with E-state index in [-0.39, 0.29) is 38.0 Å². The third-order valence-electron chi connectivity index (χ3n) is 11.6. The van der Waals surface area contributed by atoms with Crippen LogP contribution in [-0.4, -0.2) is 37.2 Å². The van der Waals surface area contributed by atoms with Gasteiger partial charge in [-0.2, -0.15) is 0 Å². The molecule has 0 heterocycles. The van der Waals surface area contributed by atoms with Gasteiger partial charge in [-0.25, -0.2) is 0 Å². The fraction of sp³-hybridized carbons (Fsp3) is 0.615. The molecule has 0 aliphatic heterocycles. The number of esters is 3. The SMILES string of the molecule is CCCCC/C=C\C/C=C\C/C=C\C/C=C\C/C=C\CCC(=O)O[C@@H](COC(=O)CCC/C=C\C/C=C\C/C=C\CCCCCCCC)COC(=O)CCCCCC/C=C\C/C=C\C/C=C\CCCCC. The molecular formula is C65H104O6. The molecule has 0 saturated heterocycles. The van der Waals surface area contributed by atoms with Crippen LogP contribution in [0, 0.1) is 0 Å². The van der Waals surface area contributed by atoms with E-state index >= 15 is 0 Å². The van der Waals surface area contributed by atoms with Crippen molar-refractivity contribution >= 4 is 17.9 Å². The Morgan fingerprint density at radius 2 is 0.549 bits per heavy atom. The average molecular weight is 982 g/mol. The summed E-state index contributed by atoms with van der Waals surface area (Å²) in [5, 5.41) is 0. The zero-order valence-electron chi connectivity index (χ0n) is 45.7. The molecule has 1 atom stereocenters. The maximum Gasteiger partial charge on any atom is 0.306 e. The summed E-state index contributed by atoms with van der Waals surface area (Å²) in [5.74, 6) is -1.10. The summed E-state index contributed by atoms with van der Waals surface area (Å²) in [7, 11) is 0. The van der Waals surface area contributed by atoms with Crippen LogP contribution >= 0.6 is 0 Å². The first-order valence-corrected chi connectivity index (χ1v) is 28.7. The quantitative estimate of drug-likeness (QED) is 0.0262. The van der Waals surface area contributed by atoms with E-state index in [0.717, 1.165) is 89.9 Å². The molecule has 0 fully saturated rings. The zero-order chi connectivity index (χ0) is 51.4. The second-order valence-corrected chi connectivity index (χ2v) is 18.5. The van der Waals surface area contributed by atoms with E-state index in [4.69, 9.17) is 14.2 Å². The van der Waals surface area contributed by atoms with Gasteiger partial charge in [-0.1, -0.05) is 225 Å². The lowest BCUT2D eigenvalue weighted by atomic mass is 10.1. The molecular weight excluding hydrogens is 877 g/mol. The minimum Gasteiger partial charge on any atom is -0.462 e. The van der Waals surface area contributed by atoms with Gasteiger partial charge in [0.2, 0.25) is 0 Å². The molecule has 0 aromatic carbocycles. The van der Waals surface area contributed by atoms with Crippen LogP contribution in [0.15, 0.2) is 134 Å². The number of unbranched alkanes of at least 4 members (excludes halogenated alkanes) is 17. The van der Waals surface area contributed by atoms with E-state index in [2.05, 4.69) is 142 Å². The van der Waals surface area contributed by atoms with Crippen LogP contribution in [-0.2, 0) is 28.6 Å². The third-order valence-corrected chi connectivity index (χ3v) is 11.6. The van der Waals surface area contributed by atoms with Crippen molar-refractivity contribution in [1.82, 2.24) is 0 Å². The minimum absolute atomic E-state index is 0.139. The fourth-order valence-corrected chi connectivity index (χ4v) is 7.27. The predicted octanol–water partition coefficient (Wildman–Crippen LogP) is 19.4. The Bertz CT molecular complexity index is 1550. The molecule has 0 aliphatic rings. The topological polar surface area (TPSA) is 78.9 Å². The number of carbonyl (C=O) groups is 3. The number of hydrogen-bond acceptors (Lipinski definition) is 6. The molecule has 6 nitrogen and oxygen atoms in total. The Hall–Kier alpha value is -4.45.